The molecule has 1 aliphatic carbocycles. The Morgan fingerprint density at radius 1 is 1.19 bits per heavy atom. The van der Waals surface area contributed by atoms with Gasteiger partial charge in [-0.05, 0) is 42.7 Å². The van der Waals surface area contributed by atoms with Gasteiger partial charge < -0.3 is 15.5 Å². The summed E-state index contributed by atoms with van der Waals surface area (Å²) in [7, 11) is 0. The van der Waals surface area contributed by atoms with Gasteiger partial charge in [0.05, 0.1) is 6.61 Å². The monoisotopic (exact) mass is 291 g/mol. The fraction of sp³-hybridized carbons (Fsp3) is 0.667. The Labute approximate surface area is 128 Å². The average molecular weight is 291 g/mol. The maximum Gasteiger partial charge on any atom is 0.0681 e. The molecular weight excluding hydrogens is 262 g/mol. The molecule has 1 unspecified atom stereocenters. The lowest BCUT2D eigenvalue weighted by atomic mass is 9.72. The first-order chi connectivity index (χ1) is 10.2. The van der Waals surface area contributed by atoms with Crippen LogP contribution in [0.2, 0.25) is 0 Å². The summed E-state index contributed by atoms with van der Waals surface area (Å²) in [6, 6.07) is 8.40. The number of nitrogens with one attached hydrogen (secondary N) is 1. The van der Waals surface area contributed by atoms with Crippen LogP contribution in [-0.2, 0) is 6.61 Å². The minimum Gasteiger partial charge on any atom is -0.396 e. The van der Waals surface area contributed by atoms with Gasteiger partial charge in [-0.1, -0.05) is 43.5 Å². The van der Waals surface area contributed by atoms with Crippen molar-refractivity contribution in [3.05, 3.63) is 35.4 Å². The maximum absolute atomic E-state index is 9.38. The van der Waals surface area contributed by atoms with Crippen LogP contribution in [0.15, 0.2) is 24.3 Å². The molecule has 1 saturated carbocycles. The van der Waals surface area contributed by atoms with Crippen molar-refractivity contribution in [1.82, 2.24) is 5.32 Å². The average Bonchev–Trinajstić information content (AvgIpc) is 2.54. The molecule has 1 aromatic rings. The van der Waals surface area contributed by atoms with E-state index < -0.39 is 0 Å². The number of rotatable bonds is 7. The fourth-order valence-corrected chi connectivity index (χ4v) is 3.50. The molecule has 2 rings (SSSR count). The molecule has 3 nitrogen and oxygen atoms in total. The first-order valence-corrected chi connectivity index (χ1v) is 8.23. The normalized spacial score (nSPS) is 19.4. The van der Waals surface area contributed by atoms with Gasteiger partial charge in [-0.2, -0.15) is 0 Å². The van der Waals surface area contributed by atoms with E-state index in [2.05, 4.69) is 24.4 Å². The highest BCUT2D eigenvalue weighted by atomic mass is 16.3. The Morgan fingerprint density at radius 3 is 2.62 bits per heavy atom. The second kappa shape index (κ2) is 7.92. The number of hydrogen-bond donors (Lipinski definition) is 3. The van der Waals surface area contributed by atoms with Crippen molar-refractivity contribution in [1.29, 1.82) is 0 Å². The Morgan fingerprint density at radius 2 is 1.95 bits per heavy atom. The van der Waals surface area contributed by atoms with Crippen molar-refractivity contribution >= 4 is 0 Å². The second-order valence-electron chi connectivity index (χ2n) is 6.54. The SMILES string of the molecule is CC(NCC1(CCO)CCCCC1)c1cccc(CO)c1. The second-order valence-corrected chi connectivity index (χ2v) is 6.54. The fourth-order valence-electron chi connectivity index (χ4n) is 3.50. The molecule has 0 spiro atoms. The van der Waals surface area contributed by atoms with Crippen molar-refractivity contribution in [2.75, 3.05) is 13.2 Å². The highest BCUT2D eigenvalue weighted by Gasteiger charge is 2.31. The van der Waals surface area contributed by atoms with Gasteiger partial charge in [-0.3, -0.25) is 0 Å². The van der Waals surface area contributed by atoms with E-state index >= 15 is 0 Å². The molecule has 3 N–H and O–H groups in total. The van der Waals surface area contributed by atoms with Gasteiger partial charge in [0, 0.05) is 19.2 Å². The van der Waals surface area contributed by atoms with Crippen LogP contribution in [0.25, 0.3) is 0 Å². The third-order valence-corrected chi connectivity index (χ3v) is 4.97. The zero-order valence-corrected chi connectivity index (χ0v) is 13.1. The topological polar surface area (TPSA) is 52.5 Å². The van der Waals surface area contributed by atoms with Crippen LogP contribution in [-0.4, -0.2) is 23.4 Å². The van der Waals surface area contributed by atoms with Gasteiger partial charge in [-0.15, -0.1) is 0 Å². The first kappa shape index (κ1) is 16.5. The van der Waals surface area contributed by atoms with E-state index in [1.165, 1.54) is 37.7 Å². The maximum atomic E-state index is 9.38. The molecule has 0 saturated heterocycles. The smallest absolute Gasteiger partial charge is 0.0681 e. The van der Waals surface area contributed by atoms with Crippen LogP contribution in [0.3, 0.4) is 0 Å². The summed E-state index contributed by atoms with van der Waals surface area (Å²) in [6.07, 6.45) is 7.27. The van der Waals surface area contributed by atoms with E-state index in [1.807, 2.05) is 12.1 Å². The highest BCUT2D eigenvalue weighted by Crippen LogP contribution is 2.39. The lowest BCUT2D eigenvalue weighted by Gasteiger charge is -2.38. The molecule has 118 valence electrons. The molecule has 1 aromatic carbocycles. The largest absolute Gasteiger partial charge is 0.396 e. The summed E-state index contributed by atoms with van der Waals surface area (Å²) >= 11 is 0. The van der Waals surface area contributed by atoms with Crippen molar-refractivity contribution in [3.8, 4) is 0 Å². The number of hydrogen-bond acceptors (Lipinski definition) is 3. The van der Waals surface area contributed by atoms with Gasteiger partial charge in [0.1, 0.15) is 0 Å². The molecule has 0 bridgehead atoms. The number of aliphatic hydroxyl groups excluding tert-OH is 2. The zero-order chi connectivity index (χ0) is 15.1. The van der Waals surface area contributed by atoms with Gasteiger partial charge in [-0.25, -0.2) is 0 Å². The summed E-state index contributed by atoms with van der Waals surface area (Å²) < 4.78 is 0. The van der Waals surface area contributed by atoms with Crippen molar-refractivity contribution in [2.24, 2.45) is 5.41 Å². The Hall–Kier alpha value is -0.900. The van der Waals surface area contributed by atoms with E-state index in [0.29, 0.717) is 0 Å². The van der Waals surface area contributed by atoms with E-state index in [0.717, 1.165) is 18.5 Å². The van der Waals surface area contributed by atoms with E-state index in [1.54, 1.807) is 0 Å². The molecule has 0 amide bonds. The van der Waals surface area contributed by atoms with Gasteiger partial charge in [0.2, 0.25) is 0 Å². The van der Waals surface area contributed by atoms with E-state index in [4.69, 9.17) is 0 Å². The summed E-state index contributed by atoms with van der Waals surface area (Å²) in [4.78, 5) is 0. The number of benzene rings is 1. The summed E-state index contributed by atoms with van der Waals surface area (Å²) in [5.41, 5.74) is 2.45. The van der Waals surface area contributed by atoms with Crippen LogP contribution in [0.4, 0.5) is 0 Å². The van der Waals surface area contributed by atoms with E-state index in [-0.39, 0.29) is 24.7 Å². The third kappa shape index (κ3) is 4.53. The van der Waals surface area contributed by atoms with Gasteiger partial charge >= 0.3 is 0 Å². The summed E-state index contributed by atoms with van der Waals surface area (Å²) in [5.74, 6) is 0. The van der Waals surface area contributed by atoms with Crippen LogP contribution in [0.5, 0.6) is 0 Å². The lowest BCUT2D eigenvalue weighted by molar-refractivity contribution is 0.123. The van der Waals surface area contributed by atoms with Crippen molar-refractivity contribution in [3.63, 3.8) is 0 Å². The molecule has 0 aliphatic heterocycles. The molecule has 0 radical (unpaired) electrons. The van der Waals surface area contributed by atoms with Crippen molar-refractivity contribution < 1.29 is 10.2 Å². The lowest BCUT2D eigenvalue weighted by Crippen LogP contribution is -2.38. The van der Waals surface area contributed by atoms with Crippen LogP contribution in [0.1, 0.15) is 62.6 Å². The molecule has 1 atom stereocenters. The van der Waals surface area contributed by atoms with Gasteiger partial charge in [0.25, 0.3) is 0 Å². The molecule has 3 heteroatoms. The molecule has 0 aromatic heterocycles. The minimum absolute atomic E-state index is 0.0923. The molecule has 21 heavy (non-hydrogen) atoms. The molecule has 0 heterocycles. The number of aliphatic hydroxyl groups is 2. The van der Waals surface area contributed by atoms with Crippen molar-refractivity contribution in [2.45, 2.75) is 58.1 Å². The van der Waals surface area contributed by atoms with E-state index in [9.17, 15) is 10.2 Å². The van der Waals surface area contributed by atoms with Crippen LogP contribution < -0.4 is 5.32 Å². The minimum atomic E-state index is 0.0923. The summed E-state index contributed by atoms with van der Waals surface area (Å²) in [5, 5.41) is 22.3. The predicted molar refractivity (Wildman–Crippen MR) is 86.0 cm³/mol. The highest BCUT2D eigenvalue weighted by molar-refractivity contribution is 5.25. The van der Waals surface area contributed by atoms with Crippen LogP contribution in [0, 0.1) is 5.41 Å². The Balaban J connectivity index is 1.96. The van der Waals surface area contributed by atoms with Gasteiger partial charge in [0.15, 0.2) is 0 Å². The molecule has 1 fully saturated rings. The molecular formula is C18H29NO2. The molecule has 1 aliphatic rings. The zero-order valence-electron chi connectivity index (χ0n) is 13.1. The Kier molecular flexibility index (Phi) is 6.22. The quantitative estimate of drug-likeness (QED) is 0.723. The first-order valence-electron chi connectivity index (χ1n) is 8.23. The summed E-state index contributed by atoms with van der Waals surface area (Å²) in [6.45, 7) is 3.52. The van der Waals surface area contributed by atoms with Crippen LogP contribution >= 0.6 is 0 Å². The third-order valence-electron chi connectivity index (χ3n) is 4.97. The standard InChI is InChI=1S/C18H29NO2/c1-15(17-7-5-6-16(12-17)13-21)19-14-18(10-11-20)8-3-2-4-9-18/h5-7,12,15,19-21H,2-4,8-11,13-14H2,1H3. The Bertz CT molecular complexity index is 421. The predicted octanol–water partition coefficient (Wildman–Crippen LogP) is 3.16.